The van der Waals surface area contributed by atoms with Gasteiger partial charge in [0.1, 0.15) is 11.6 Å². The molecular weight excluding hydrogens is 280 g/mol. The summed E-state index contributed by atoms with van der Waals surface area (Å²) in [6.07, 6.45) is 2.87. The van der Waals surface area contributed by atoms with E-state index in [1.807, 2.05) is 13.0 Å². The first-order valence-electron chi connectivity index (χ1n) is 7.95. The molecule has 1 saturated heterocycles. The van der Waals surface area contributed by atoms with Crippen LogP contribution in [0.25, 0.3) is 0 Å². The normalized spacial score (nSPS) is 22.3. The highest BCUT2D eigenvalue weighted by molar-refractivity contribution is 5.38. The monoisotopic (exact) mass is 308 g/mol. The Kier molecular flexibility index (Phi) is 6.54. The number of hydrogen-bond acceptors (Lipinski definition) is 6. The fraction of sp³-hybridized carbons (Fsp3) is 0.750. The van der Waals surface area contributed by atoms with E-state index in [1.54, 1.807) is 13.3 Å². The number of nitrogens with zero attached hydrogens (tertiary/aromatic N) is 4. The lowest BCUT2D eigenvalue weighted by Gasteiger charge is -2.39. The molecule has 1 N–H and O–H groups in total. The molecule has 6 heteroatoms. The van der Waals surface area contributed by atoms with Gasteiger partial charge in [0.2, 0.25) is 0 Å². The van der Waals surface area contributed by atoms with Crippen molar-refractivity contribution in [2.24, 2.45) is 11.8 Å². The maximum atomic E-state index is 9.61. The molecule has 0 aromatic carbocycles. The Balaban J connectivity index is 2.00. The van der Waals surface area contributed by atoms with Gasteiger partial charge >= 0.3 is 0 Å². The van der Waals surface area contributed by atoms with Crippen LogP contribution in [0.4, 0.5) is 5.82 Å². The summed E-state index contributed by atoms with van der Waals surface area (Å²) in [5.41, 5.74) is 0. The molecule has 0 aliphatic carbocycles. The molecule has 1 aromatic rings. The van der Waals surface area contributed by atoms with Gasteiger partial charge in [0.15, 0.2) is 0 Å². The number of hydrogen-bond donors (Lipinski definition) is 1. The Hall–Kier alpha value is -1.24. The van der Waals surface area contributed by atoms with Crippen molar-refractivity contribution in [2.45, 2.75) is 13.3 Å². The zero-order valence-corrected chi connectivity index (χ0v) is 13.9. The van der Waals surface area contributed by atoms with Gasteiger partial charge in [-0.1, -0.05) is 0 Å². The lowest BCUT2D eigenvalue weighted by Crippen LogP contribution is -2.45. The van der Waals surface area contributed by atoms with E-state index in [0.29, 0.717) is 11.8 Å². The number of aliphatic hydroxyl groups is 1. The van der Waals surface area contributed by atoms with Crippen LogP contribution in [0.5, 0.6) is 0 Å². The van der Waals surface area contributed by atoms with Crippen LogP contribution in [-0.2, 0) is 4.74 Å². The summed E-state index contributed by atoms with van der Waals surface area (Å²) in [5.74, 6) is 2.60. The Labute approximate surface area is 133 Å². The van der Waals surface area contributed by atoms with E-state index in [-0.39, 0.29) is 6.61 Å². The minimum Gasteiger partial charge on any atom is -0.396 e. The largest absolute Gasteiger partial charge is 0.396 e. The maximum absolute atomic E-state index is 9.61. The van der Waals surface area contributed by atoms with Crippen LogP contribution in [0.2, 0.25) is 0 Å². The summed E-state index contributed by atoms with van der Waals surface area (Å²) >= 11 is 0. The average molecular weight is 308 g/mol. The first-order chi connectivity index (χ1) is 10.6. The van der Waals surface area contributed by atoms with Crippen molar-refractivity contribution in [3.63, 3.8) is 0 Å². The zero-order valence-electron chi connectivity index (χ0n) is 13.9. The minimum atomic E-state index is 0.235. The molecule has 124 valence electrons. The molecular formula is C16H28N4O2. The highest BCUT2D eigenvalue weighted by Crippen LogP contribution is 2.25. The molecule has 1 aliphatic heterocycles. The second-order valence-corrected chi connectivity index (χ2v) is 6.27. The molecule has 0 amide bonds. The molecule has 2 heterocycles. The van der Waals surface area contributed by atoms with E-state index < -0.39 is 0 Å². The summed E-state index contributed by atoms with van der Waals surface area (Å²) in [5, 5.41) is 9.61. The smallest absolute Gasteiger partial charge is 0.132 e. The number of anilines is 1. The SMILES string of the molecule is COCCN(C)C[C@@H]1C[C@@H](CO)CN(c2ccnc(C)n2)C1. The summed E-state index contributed by atoms with van der Waals surface area (Å²) in [7, 11) is 3.86. The van der Waals surface area contributed by atoms with Crippen molar-refractivity contribution in [2.75, 3.05) is 58.5 Å². The Bertz CT molecular complexity index is 458. The van der Waals surface area contributed by atoms with Gasteiger partial charge in [0.25, 0.3) is 0 Å². The number of aromatic nitrogens is 2. The predicted molar refractivity (Wildman–Crippen MR) is 87.0 cm³/mol. The second-order valence-electron chi connectivity index (χ2n) is 6.27. The molecule has 0 saturated carbocycles. The van der Waals surface area contributed by atoms with Gasteiger partial charge in [-0.3, -0.25) is 0 Å². The van der Waals surface area contributed by atoms with Gasteiger partial charge in [-0.05, 0) is 38.3 Å². The standard InChI is InChI=1S/C16H28N4O2/c1-13-17-5-4-16(18-13)20-10-14(8-15(11-20)12-21)9-19(2)6-7-22-3/h4-5,14-15,21H,6-12H2,1-3H3/t14-,15+/m0/s1. The summed E-state index contributed by atoms with van der Waals surface area (Å²) in [6, 6.07) is 1.96. The highest BCUT2D eigenvalue weighted by atomic mass is 16.5. The van der Waals surface area contributed by atoms with Crippen LogP contribution in [-0.4, -0.2) is 73.5 Å². The van der Waals surface area contributed by atoms with Crippen LogP contribution in [0, 0.1) is 18.8 Å². The highest BCUT2D eigenvalue weighted by Gasteiger charge is 2.28. The molecule has 6 nitrogen and oxygen atoms in total. The first-order valence-corrected chi connectivity index (χ1v) is 7.95. The second kappa shape index (κ2) is 8.41. The van der Waals surface area contributed by atoms with Crippen molar-refractivity contribution >= 4 is 5.82 Å². The van der Waals surface area contributed by atoms with E-state index in [4.69, 9.17) is 4.74 Å². The van der Waals surface area contributed by atoms with E-state index >= 15 is 0 Å². The average Bonchev–Trinajstić information content (AvgIpc) is 2.52. The Morgan fingerprint density at radius 1 is 1.41 bits per heavy atom. The van der Waals surface area contributed by atoms with Crippen LogP contribution in [0.1, 0.15) is 12.2 Å². The maximum Gasteiger partial charge on any atom is 0.132 e. The van der Waals surface area contributed by atoms with Crippen molar-refractivity contribution in [1.29, 1.82) is 0 Å². The van der Waals surface area contributed by atoms with Gasteiger partial charge < -0.3 is 19.6 Å². The van der Waals surface area contributed by atoms with Gasteiger partial charge in [0.05, 0.1) is 6.61 Å². The van der Waals surface area contributed by atoms with Gasteiger partial charge in [-0.25, -0.2) is 9.97 Å². The van der Waals surface area contributed by atoms with Gasteiger partial charge in [-0.15, -0.1) is 0 Å². The topological polar surface area (TPSA) is 61.7 Å². The van der Waals surface area contributed by atoms with Crippen LogP contribution < -0.4 is 4.90 Å². The molecule has 0 unspecified atom stereocenters. The summed E-state index contributed by atoms with van der Waals surface area (Å²) in [4.78, 5) is 13.3. The third-order valence-electron chi connectivity index (χ3n) is 4.21. The van der Waals surface area contributed by atoms with Crippen LogP contribution in [0.3, 0.4) is 0 Å². The number of likely N-dealkylation sites (N-methyl/N-ethyl adjacent to an activating group) is 1. The van der Waals surface area contributed by atoms with E-state index in [2.05, 4.69) is 26.8 Å². The summed E-state index contributed by atoms with van der Waals surface area (Å²) in [6.45, 7) is 6.69. The molecule has 2 rings (SSSR count). The number of aryl methyl sites for hydroxylation is 1. The molecule has 0 bridgehead atoms. The van der Waals surface area contributed by atoms with E-state index in [9.17, 15) is 5.11 Å². The summed E-state index contributed by atoms with van der Waals surface area (Å²) < 4.78 is 5.14. The van der Waals surface area contributed by atoms with Crippen LogP contribution in [0.15, 0.2) is 12.3 Å². The van der Waals surface area contributed by atoms with Crippen molar-refractivity contribution in [1.82, 2.24) is 14.9 Å². The number of rotatable bonds is 7. The van der Waals surface area contributed by atoms with Gasteiger partial charge in [-0.2, -0.15) is 0 Å². The zero-order chi connectivity index (χ0) is 15.9. The molecule has 1 fully saturated rings. The van der Waals surface area contributed by atoms with Crippen molar-refractivity contribution in [3.05, 3.63) is 18.1 Å². The number of piperidine rings is 1. The Morgan fingerprint density at radius 2 is 2.18 bits per heavy atom. The molecule has 1 aliphatic rings. The van der Waals surface area contributed by atoms with Crippen LogP contribution >= 0.6 is 0 Å². The lowest BCUT2D eigenvalue weighted by atomic mass is 9.89. The number of ether oxygens (including phenoxy) is 1. The molecule has 22 heavy (non-hydrogen) atoms. The Morgan fingerprint density at radius 3 is 2.86 bits per heavy atom. The van der Waals surface area contributed by atoms with E-state index in [0.717, 1.165) is 50.8 Å². The lowest BCUT2D eigenvalue weighted by molar-refractivity contribution is 0.133. The third-order valence-corrected chi connectivity index (χ3v) is 4.21. The molecule has 0 radical (unpaired) electrons. The number of aliphatic hydroxyl groups excluding tert-OH is 1. The first kappa shape index (κ1) is 17.1. The fourth-order valence-corrected chi connectivity index (χ4v) is 3.17. The third kappa shape index (κ3) is 4.90. The molecule has 1 aromatic heterocycles. The van der Waals surface area contributed by atoms with Gasteiger partial charge in [0, 0.05) is 46.1 Å². The fourth-order valence-electron chi connectivity index (χ4n) is 3.17. The number of methoxy groups -OCH3 is 1. The minimum absolute atomic E-state index is 0.235. The predicted octanol–water partition coefficient (Wildman–Crippen LogP) is 0.798. The molecule has 0 spiro atoms. The molecule has 2 atom stereocenters. The quantitative estimate of drug-likeness (QED) is 0.804. The van der Waals surface area contributed by atoms with Crippen molar-refractivity contribution in [3.8, 4) is 0 Å². The van der Waals surface area contributed by atoms with E-state index in [1.165, 1.54) is 0 Å². The van der Waals surface area contributed by atoms with Crippen molar-refractivity contribution < 1.29 is 9.84 Å².